The van der Waals surface area contributed by atoms with Crippen molar-refractivity contribution in [3.63, 3.8) is 0 Å². The van der Waals surface area contributed by atoms with E-state index in [0.717, 1.165) is 31.0 Å². The molecule has 1 fully saturated rings. The van der Waals surface area contributed by atoms with Gasteiger partial charge in [-0.15, -0.1) is 0 Å². The minimum atomic E-state index is -0.0618. The number of nitrogens with zero attached hydrogens (tertiary/aromatic N) is 2. The van der Waals surface area contributed by atoms with Crippen LogP contribution >= 0.6 is 0 Å². The summed E-state index contributed by atoms with van der Waals surface area (Å²) in [4.78, 5) is 19.0. The van der Waals surface area contributed by atoms with Crippen LogP contribution in [0.4, 0.5) is 5.82 Å². The maximum Gasteiger partial charge on any atom is 0.252 e. The number of carbonyl (C=O) groups is 1. The van der Waals surface area contributed by atoms with Crippen molar-refractivity contribution in [3.05, 3.63) is 53.7 Å². The normalized spacial score (nSPS) is 16.5. The van der Waals surface area contributed by atoms with Crippen molar-refractivity contribution < 1.29 is 9.53 Å². The second-order valence-electron chi connectivity index (χ2n) is 6.80. The smallest absolute Gasteiger partial charge is 0.252 e. The van der Waals surface area contributed by atoms with Gasteiger partial charge in [0.1, 0.15) is 11.6 Å². The largest absolute Gasteiger partial charge is 0.497 e. The lowest BCUT2D eigenvalue weighted by Gasteiger charge is -2.22. The molecule has 1 aliphatic heterocycles. The molecule has 1 aromatic heterocycles. The molecular formula is C21H27N3O2. The van der Waals surface area contributed by atoms with Gasteiger partial charge in [0.15, 0.2) is 0 Å². The monoisotopic (exact) mass is 353 g/mol. The fourth-order valence-electron chi connectivity index (χ4n) is 3.35. The van der Waals surface area contributed by atoms with Crippen LogP contribution in [0, 0.1) is 0 Å². The number of pyridine rings is 1. The molecule has 1 saturated heterocycles. The SMILES string of the molecule is COc1ccc(CCCNC(=O)c2ccc(N3CCCC3C)nc2)cc1. The lowest BCUT2D eigenvalue weighted by atomic mass is 10.1. The second-order valence-corrected chi connectivity index (χ2v) is 6.80. The molecule has 0 aliphatic carbocycles. The standard InChI is InChI=1S/C21H27N3O2/c1-16-5-4-14-24(16)20-12-9-18(15-23-20)21(25)22-13-3-6-17-7-10-19(26-2)11-8-17/h7-12,15-16H,3-6,13-14H2,1-2H3,(H,22,25). The summed E-state index contributed by atoms with van der Waals surface area (Å²) in [5.41, 5.74) is 1.86. The topological polar surface area (TPSA) is 54.5 Å². The number of amides is 1. The summed E-state index contributed by atoms with van der Waals surface area (Å²) in [7, 11) is 1.66. The van der Waals surface area contributed by atoms with Crippen LogP contribution in [0.5, 0.6) is 5.75 Å². The van der Waals surface area contributed by atoms with Crippen LogP contribution in [0.15, 0.2) is 42.6 Å². The Labute approximate surface area is 155 Å². The van der Waals surface area contributed by atoms with E-state index in [1.807, 2.05) is 24.3 Å². The summed E-state index contributed by atoms with van der Waals surface area (Å²) in [5.74, 6) is 1.76. The molecule has 0 saturated carbocycles. The Balaban J connectivity index is 1.44. The lowest BCUT2D eigenvalue weighted by molar-refractivity contribution is 0.0953. The van der Waals surface area contributed by atoms with Crippen molar-refractivity contribution in [2.45, 2.75) is 38.6 Å². The highest BCUT2D eigenvalue weighted by Gasteiger charge is 2.21. The first kappa shape index (κ1) is 18.2. The molecule has 2 aromatic rings. The Morgan fingerprint density at radius 1 is 1.27 bits per heavy atom. The fraction of sp³-hybridized carbons (Fsp3) is 0.429. The highest BCUT2D eigenvalue weighted by atomic mass is 16.5. The van der Waals surface area contributed by atoms with Crippen LogP contribution in [0.2, 0.25) is 0 Å². The maximum absolute atomic E-state index is 12.3. The number of carbonyl (C=O) groups excluding carboxylic acids is 1. The van der Waals surface area contributed by atoms with Gasteiger partial charge in [0, 0.05) is 25.3 Å². The molecule has 0 spiro atoms. The number of aryl methyl sites for hydroxylation is 1. The van der Waals surface area contributed by atoms with E-state index in [1.54, 1.807) is 13.3 Å². The molecule has 138 valence electrons. The summed E-state index contributed by atoms with van der Waals surface area (Å²) in [5, 5.41) is 2.97. The van der Waals surface area contributed by atoms with Crippen LogP contribution in [0.25, 0.3) is 0 Å². The van der Waals surface area contributed by atoms with Gasteiger partial charge in [-0.2, -0.15) is 0 Å². The summed E-state index contributed by atoms with van der Waals surface area (Å²) in [6.45, 7) is 3.92. The van der Waals surface area contributed by atoms with Crippen molar-refractivity contribution in [2.24, 2.45) is 0 Å². The van der Waals surface area contributed by atoms with E-state index in [-0.39, 0.29) is 5.91 Å². The zero-order valence-electron chi connectivity index (χ0n) is 15.6. The molecule has 5 nitrogen and oxygen atoms in total. The molecule has 1 atom stereocenters. The predicted molar refractivity (Wildman–Crippen MR) is 104 cm³/mol. The Morgan fingerprint density at radius 2 is 2.08 bits per heavy atom. The highest BCUT2D eigenvalue weighted by Crippen LogP contribution is 2.23. The molecule has 1 aliphatic rings. The van der Waals surface area contributed by atoms with Crippen molar-refractivity contribution >= 4 is 11.7 Å². The van der Waals surface area contributed by atoms with Gasteiger partial charge in [0.25, 0.3) is 5.91 Å². The number of ether oxygens (including phenoxy) is 1. The fourth-order valence-corrected chi connectivity index (χ4v) is 3.35. The lowest BCUT2D eigenvalue weighted by Crippen LogP contribution is -2.28. The molecule has 0 radical (unpaired) electrons. The third-order valence-corrected chi connectivity index (χ3v) is 4.94. The number of methoxy groups -OCH3 is 1. The third-order valence-electron chi connectivity index (χ3n) is 4.94. The first-order valence-electron chi connectivity index (χ1n) is 9.31. The van der Waals surface area contributed by atoms with E-state index >= 15 is 0 Å². The molecule has 3 rings (SSSR count). The number of nitrogens with one attached hydrogen (secondary N) is 1. The van der Waals surface area contributed by atoms with Gasteiger partial charge in [0.05, 0.1) is 12.7 Å². The second kappa shape index (κ2) is 8.70. The number of rotatable bonds is 7. The molecule has 5 heteroatoms. The van der Waals surface area contributed by atoms with Gasteiger partial charge < -0.3 is 15.0 Å². The van der Waals surface area contributed by atoms with Gasteiger partial charge in [-0.25, -0.2) is 4.98 Å². The minimum Gasteiger partial charge on any atom is -0.497 e. The maximum atomic E-state index is 12.3. The molecule has 1 unspecified atom stereocenters. The summed E-state index contributed by atoms with van der Waals surface area (Å²) < 4.78 is 5.16. The van der Waals surface area contributed by atoms with E-state index in [2.05, 4.69) is 34.3 Å². The third kappa shape index (κ3) is 4.54. The zero-order valence-corrected chi connectivity index (χ0v) is 15.6. The zero-order chi connectivity index (χ0) is 18.4. The Hall–Kier alpha value is -2.56. The van der Waals surface area contributed by atoms with Crippen LogP contribution in [-0.4, -0.2) is 37.1 Å². The molecule has 26 heavy (non-hydrogen) atoms. The molecular weight excluding hydrogens is 326 g/mol. The summed E-state index contributed by atoms with van der Waals surface area (Å²) >= 11 is 0. The van der Waals surface area contributed by atoms with Crippen LogP contribution in [0.1, 0.15) is 42.1 Å². The first-order valence-corrected chi connectivity index (χ1v) is 9.31. The van der Waals surface area contributed by atoms with Crippen molar-refractivity contribution in [1.82, 2.24) is 10.3 Å². The molecule has 0 bridgehead atoms. The molecule has 1 N–H and O–H groups in total. The van der Waals surface area contributed by atoms with E-state index in [9.17, 15) is 4.79 Å². The minimum absolute atomic E-state index is 0.0618. The highest BCUT2D eigenvalue weighted by molar-refractivity contribution is 5.94. The van der Waals surface area contributed by atoms with Crippen LogP contribution in [-0.2, 0) is 6.42 Å². The molecule has 1 amide bonds. The van der Waals surface area contributed by atoms with Crippen LogP contribution in [0.3, 0.4) is 0 Å². The summed E-state index contributed by atoms with van der Waals surface area (Å²) in [6.07, 6.45) is 5.92. The van der Waals surface area contributed by atoms with Crippen molar-refractivity contribution in [3.8, 4) is 5.75 Å². The van der Waals surface area contributed by atoms with Gasteiger partial charge in [0.2, 0.25) is 0 Å². The van der Waals surface area contributed by atoms with E-state index in [1.165, 1.54) is 18.4 Å². The Kier molecular flexibility index (Phi) is 6.10. The number of anilines is 1. The van der Waals surface area contributed by atoms with Gasteiger partial charge in [-0.1, -0.05) is 12.1 Å². The van der Waals surface area contributed by atoms with E-state index < -0.39 is 0 Å². The molecule has 1 aromatic carbocycles. The van der Waals surface area contributed by atoms with Gasteiger partial charge in [-0.3, -0.25) is 4.79 Å². The van der Waals surface area contributed by atoms with Crippen LogP contribution < -0.4 is 15.0 Å². The summed E-state index contributed by atoms with van der Waals surface area (Å²) in [6, 6.07) is 12.4. The predicted octanol–water partition coefficient (Wildman–Crippen LogP) is 3.44. The Morgan fingerprint density at radius 3 is 2.69 bits per heavy atom. The molecule has 2 heterocycles. The Bertz CT molecular complexity index is 713. The average Bonchev–Trinajstić information content (AvgIpc) is 3.11. The van der Waals surface area contributed by atoms with Crippen molar-refractivity contribution in [2.75, 3.05) is 25.1 Å². The van der Waals surface area contributed by atoms with Gasteiger partial charge in [-0.05, 0) is 62.4 Å². The first-order chi connectivity index (χ1) is 12.7. The van der Waals surface area contributed by atoms with E-state index in [4.69, 9.17) is 4.74 Å². The average molecular weight is 353 g/mol. The van der Waals surface area contributed by atoms with E-state index in [0.29, 0.717) is 18.2 Å². The number of hydrogen-bond acceptors (Lipinski definition) is 4. The van der Waals surface area contributed by atoms with Gasteiger partial charge >= 0.3 is 0 Å². The van der Waals surface area contributed by atoms with Crippen molar-refractivity contribution in [1.29, 1.82) is 0 Å². The number of benzene rings is 1. The number of hydrogen-bond donors (Lipinski definition) is 1. The quantitative estimate of drug-likeness (QED) is 0.775. The number of aromatic nitrogens is 1.